The summed E-state index contributed by atoms with van der Waals surface area (Å²) in [4.78, 5) is 11.7. The zero-order valence-electron chi connectivity index (χ0n) is 8.29. The third-order valence-electron chi connectivity index (χ3n) is 2.59. The van der Waals surface area contributed by atoms with Crippen LogP contribution >= 0.6 is 23.2 Å². The Kier molecular flexibility index (Phi) is 3.47. The molecule has 4 nitrogen and oxygen atoms in total. The lowest BCUT2D eigenvalue weighted by atomic mass is 10.1. The summed E-state index contributed by atoms with van der Waals surface area (Å²) in [7, 11) is 0. The first kappa shape index (κ1) is 11.8. The first-order chi connectivity index (χ1) is 7.61. The molecule has 1 aliphatic rings. The van der Waals surface area contributed by atoms with Crippen LogP contribution in [0, 0.1) is 0 Å². The number of hydrogen-bond acceptors (Lipinski definition) is 3. The molecule has 1 aromatic heterocycles. The number of halogens is 3. The van der Waals surface area contributed by atoms with Crippen molar-refractivity contribution >= 4 is 23.2 Å². The molecule has 1 aromatic rings. The van der Waals surface area contributed by atoms with E-state index in [4.69, 9.17) is 23.2 Å². The third-order valence-corrected chi connectivity index (χ3v) is 3.34. The molecule has 16 heavy (non-hydrogen) atoms. The van der Waals surface area contributed by atoms with Crippen LogP contribution in [-0.4, -0.2) is 29.0 Å². The van der Waals surface area contributed by atoms with Crippen LogP contribution in [0.5, 0.6) is 0 Å². The van der Waals surface area contributed by atoms with E-state index in [1.54, 1.807) is 0 Å². The summed E-state index contributed by atoms with van der Waals surface area (Å²) < 4.78 is 14.7. The summed E-state index contributed by atoms with van der Waals surface area (Å²) in [5.74, 6) is 0. The largest absolute Gasteiger partial charge is 0.314 e. The van der Waals surface area contributed by atoms with E-state index < -0.39 is 17.8 Å². The highest BCUT2D eigenvalue weighted by Crippen LogP contribution is 2.21. The van der Waals surface area contributed by atoms with E-state index in [0.29, 0.717) is 13.0 Å². The lowest BCUT2D eigenvalue weighted by Gasteiger charge is -2.27. The maximum Gasteiger partial charge on any atom is 0.287 e. The highest BCUT2D eigenvalue weighted by molar-refractivity contribution is 6.41. The highest BCUT2D eigenvalue weighted by atomic mass is 35.5. The summed E-state index contributed by atoms with van der Waals surface area (Å²) in [6, 6.07) is -0.566. The van der Waals surface area contributed by atoms with Gasteiger partial charge in [-0.1, -0.05) is 23.2 Å². The van der Waals surface area contributed by atoms with E-state index in [9.17, 15) is 9.18 Å². The molecule has 1 unspecified atom stereocenters. The van der Waals surface area contributed by atoms with E-state index in [-0.39, 0.29) is 16.6 Å². The molecular formula is C9H10Cl2FN3O. The van der Waals surface area contributed by atoms with Crippen LogP contribution in [0.3, 0.4) is 0 Å². The first-order valence-electron chi connectivity index (χ1n) is 4.89. The Balaban J connectivity index is 2.40. The second-order valence-corrected chi connectivity index (χ2v) is 4.42. The van der Waals surface area contributed by atoms with E-state index in [2.05, 4.69) is 10.4 Å². The normalized spacial score (nSPS) is 25.7. The van der Waals surface area contributed by atoms with Crippen LogP contribution in [0.4, 0.5) is 4.39 Å². The minimum Gasteiger partial charge on any atom is -0.314 e. The van der Waals surface area contributed by atoms with Crippen LogP contribution in [0.2, 0.25) is 10.0 Å². The molecule has 1 N–H and O–H groups in total. The molecule has 2 atom stereocenters. The number of aromatic nitrogens is 2. The van der Waals surface area contributed by atoms with E-state index in [1.165, 1.54) is 6.20 Å². The zero-order chi connectivity index (χ0) is 11.7. The number of hydrogen-bond donors (Lipinski definition) is 1. The third kappa shape index (κ3) is 2.07. The molecule has 7 heteroatoms. The maximum atomic E-state index is 13.6. The molecule has 0 bridgehead atoms. The van der Waals surface area contributed by atoms with Crippen LogP contribution in [0.25, 0.3) is 0 Å². The van der Waals surface area contributed by atoms with Gasteiger partial charge >= 0.3 is 0 Å². The molecule has 2 heterocycles. The number of alkyl halides is 1. The van der Waals surface area contributed by atoms with Gasteiger partial charge in [0.15, 0.2) is 0 Å². The van der Waals surface area contributed by atoms with Crippen molar-refractivity contribution in [2.75, 3.05) is 13.1 Å². The van der Waals surface area contributed by atoms with Crippen molar-refractivity contribution in [1.29, 1.82) is 0 Å². The van der Waals surface area contributed by atoms with Gasteiger partial charge in [0.2, 0.25) is 0 Å². The molecule has 0 aliphatic carbocycles. The predicted molar refractivity (Wildman–Crippen MR) is 59.9 cm³/mol. The fourth-order valence-electron chi connectivity index (χ4n) is 1.74. The van der Waals surface area contributed by atoms with Crippen molar-refractivity contribution in [3.8, 4) is 0 Å². The molecular weight excluding hydrogens is 256 g/mol. The van der Waals surface area contributed by atoms with Gasteiger partial charge in [0.05, 0.1) is 17.3 Å². The molecule has 1 fully saturated rings. The summed E-state index contributed by atoms with van der Waals surface area (Å²) in [5.41, 5.74) is -0.538. The lowest BCUT2D eigenvalue weighted by Crippen LogP contribution is -2.43. The van der Waals surface area contributed by atoms with Gasteiger partial charge in [0.1, 0.15) is 11.2 Å². The summed E-state index contributed by atoms with van der Waals surface area (Å²) >= 11 is 11.4. The Hall–Kier alpha value is -0.650. The van der Waals surface area contributed by atoms with Gasteiger partial charge in [0.25, 0.3) is 5.56 Å². The molecule has 0 aromatic carbocycles. The average Bonchev–Trinajstić information content (AvgIpc) is 2.28. The van der Waals surface area contributed by atoms with Crippen LogP contribution in [-0.2, 0) is 0 Å². The van der Waals surface area contributed by atoms with Crippen LogP contribution < -0.4 is 10.9 Å². The van der Waals surface area contributed by atoms with Crippen LogP contribution in [0.1, 0.15) is 12.5 Å². The number of rotatable bonds is 1. The van der Waals surface area contributed by atoms with Crippen molar-refractivity contribution in [1.82, 2.24) is 15.1 Å². The highest BCUT2D eigenvalue weighted by Gasteiger charge is 2.28. The SMILES string of the molecule is O=c1c(Cl)c(Cl)cnn1[C@@H]1CCNCC1F. The molecule has 2 rings (SSSR count). The quantitative estimate of drug-likeness (QED) is 0.836. The Bertz CT molecular complexity index is 451. The molecule has 0 spiro atoms. The van der Waals surface area contributed by atoms with Gasteiger partial charge in [-0.05, 0) is 13.0 Å². The van der Waals surface area contributed by atoms with Crippen molar-refractivity contribution < 1.29 is 4.39 Å². The Morgan fingerprint density at radius 1 is 1.56 bits per heavy atom. The number of piperidine rings is 1. The summed E-state index contributed by atoms with van der Waals surface area (Å²) in [5, 5.41) is 6.72. The van der Waals surface area contributed by atoms with Gasteiger partial charge in [-0.25, -0.2) is 9.07 Å². The fourth-order valence-corrected chi connectivity index (χ4v) is 2.00. The van der Waals surface area contributed by atoms with E-state index in [0.717, 1.165) is 4.68 Å². The molecule has 1 aliphatic heterocycles. The first-order valence-corrected chi connectivity index (χ1v) is 5.64. The monoisotopic (exact) mass is 265 g/mol. The molecule has 88 valence electrons. The standard InChI is InChI=1S/C9H10Cl2FN3O/c10-5-3-14-15(9(16)8(5)11)7-1-2-13-4-6(7)12/h3,6-7,13H,1-2,4H2/t6?,7-/m1/s1. The van der Waals surface area contributed by atoms with Gasteiger partial charge in [-0.2, -0.15) is 5.10 Å². The lowest BCUT2D eigenvalue weighted by molar-refractivity contribution is 0.168. The smallest absolute Gasteiger partial charge is 0.287 e. The minimum atomic E-state index is -1.14. The molecule has 1 saturated heterocycles. The topological polar surface area (TPSA) is 46.9 Å². The maximum absolute atomic E-state index is 13.6. The Labute approximate surface area is 101 Å². The Morgan fingerprint density at radius 3 is 3.00 bits per heavy atom. The molecule has 0 radical (unpaired) electrons. The van der Waals surface area contributed by atoms with Gasteiger partial charge < -0.3 is 5.32 Å². The number of nitrogens with zero attached hydrogens (tertiary/aromatic N) is 2. The van der Waals surface area contributed by atoms with Gasteiger partial charge in [-0.15, -0.1) is 0 Å². The van der Waals surface area contributed by atoms with Gasteiger partial charge in [0, 0.05) is 6.54 Å². The van der Waals surface area contributed by atoms with Crippen LogP contribution in [0.15, 0.2) is 11.0 Å². The van der Waals surface area contributed by atoms with E-state index >= 15 is 0 Å². The van der Waals surface area contributed by atoms with Crippen molar-refractivity contribution in [3.05, 3.63) is 26.6 Å². The molecule has 0 amide bonds. The van der Waals surface area contributed by atoms with Crippen molar-refractivity contribution in [2.45, 2.75) is 18.6 Å². The number of nitrogens with one attached hydrogen (secondary N) is 1. The minimum absolute atomic E-state index is 0.0901. The van der Waals surface area contributed by atoms with Crippen molar-refractivity contribution in [3.63, 3.8) is 0 Å². The Morgan fingerprint density at radius 2 is 2.31 bits per heavy atom. The average molecular weight is 266 g/mol. The summed E-state index contributed by atoms with van der Waals surface area (Å²) in [6.07, 6.45) is 0.628. The van der Waals surface area contributed by atoms with Crippen molar-refractivity contribution in [2.24, 2.45) is 0 Å². The summed E-state index contributed by atoms with van der Waals surface area (Å²) in [6.45, 7) is 0.873. The second-order valence-electron chi connectivity index (χ2n) is 3.63. The van der Waals surface area contributed by atoms with Gasteiger partial charge in [-0.3, -0.25) is 4.79 Å². The van der Waals surface area contributed by atoms with E-state index in [1.807, 2.05) is 0 Å². The fraction of sp³-hybridized carbons (Fsp3) is 0.556. The second kappa shape index (κ2) is 4.69. The molecule has 0 saturated carbocycles. The zero-order valence-corrected chi connectivity index (χ0v) is 9.80. The predicted octanol–water partition coefficient (Wildman–Crippen LogP) is 1.42.